The predicted molar refractivity (Wildman–Crippen MR) is 49.9 cm³/mol. The fourth-order valence-electron chi connectivity index (χ4n) is 2.11. The molecule has 2 heteroatoms. The molecule has 0 spiro atoms. The lowest BCUT2D eigenvalue weighted by Gasteiger charge is -2.24. The predicted octanol–water partition coefficient (Wildman–Crippen LogP) is 2.09. The van der Waals surface area contributed by atoms with E-state index >= 15 is 0 Å². The molecule has 0 aliphatic heterocycles. The Kier molecular flexibility index (Phi) is 4.12. The molecule has 0 radical (unpaired) electrons. The molecule has 1 saturated carbocycles. The number of amides is 1. The number of carbonyl (C=O) groups is 1. The van der Waals surface area contributed by atoms with E-state index in [9.17, 15) is 4.79 Å². The monoisotopic (exact) mass is 169 g/mol. The van der Waals surface area contributed by atoms with Crippen molar-refractivity contribution in [2.24, 2.45) is 5.92 Å². The lowest BCUT2D eigenvalue weighted by atomic mass is 9.85. The highest BCUT2D eigenvalue weighted by Gasteiger charge is 2.15. The highest BCUT2D eigenvalue weighted by atomic mass is 16.1. The van der Waals surface area contributed by atoms with Crippen LogP contribution in [-0.4, -0.2) is 12.5 Å². The fourth-order valence-corrected chi connectivity index (χ4v) is 2.11. The molecule has 1 aliphatic rings. The molecule has 0 aromatic heterocycles. The summed E-state index contributed by atoms with van der Waals surface area (Å²) in [5.74, 6) is 0.862. The third-order valence-electron chi connectivity index (χ3n) is 2.76. The zero-order valence-corrected chi connectivity index (χ0v) is 7.88. The summed E-state index contributed by atoms with van der Waals surface area (Å²) in [6.07, 6.45) is 8.89. The maximum Gasteiger partial charge on any atom is 0.207 e. The average Bonchev–Trinajstić information content (AvgIpc) is 2.06. The fraction of sp³-hybridized carbons (Fsp3) is 0.900. The van der Waals surface area contributed by atoms with Gasteiger partial charge in [0.1, 0.15) is 0 Å². The van der Waals surface area contributed by atoms with E-state index in [0.29, 0.717) is 6.04 Å². The second kappa shape index (κ2) is 5.18. The topological polar surface area (TPSA) is 29.1 Å². The molecular weight excluding hydrogens is 150 g/mol. The number of nitrogens with one attached hydrogen (secondary N) is 1. The number of rotatable bonds is 4. The van der Waals surface area contributed by atoms with Gasteiger partial charge in [-0.05, 0) is 19.3 Å². The summed E-state index contributed by atoms with van der Waals surface area (Å²) in [5.41, 5.74) is 0. The van der Waals surface area contributed by atoms with Crippen molar-refractivity contribution in [1.29, 1.82) is 0 Å². The Labute approximate surface area is 74.7 Å². The van der Waals surface area contributed by atoms with E-state index in [0.717, 1.165) is 12.3 Å². The number of hydrogen-bond donors (Lipinski definition) is 1. The summed E-state index contributed by atoms with van der Waals surface area (Å²) < 4.78 is 0. The quantitative estimate of drug-likeness (QED) is 0.641. The molecule has 70 valence electrons. The Hall–Kier alpha value is -0.530. The van der Waals surface area contributed by atoms with E-state index in [1.165, 1.54) is 38.5 Å². The van der Waals surface area contributed by atoms with Crippen LogP contribution >= 0.6 is 0 Å². The Morgan fingerprint density at radius 3 is 2.67 bits per heavy atom. The highest BCUT2D eigenvalue weighted by molar-refractivity contribution is 5.46. The van der Waals surface area contributed by atoms with Gasteiger partial charge < -0.3 is 5.32 Å². The van der Waals surface area contributed by atoms with Crippen molar-refractivity contribution in [2.75, 3.05) is 0 Å². The van der Waals surface area contributed by atoms with Gasteiger partial charge in [-0.2, -0.15) is 0 Å². The van der Waals surface area contributed by atoms with E-state index < -0.39 is 0 Å². The Balaban J connectivity index is 2.15. The minimum atomic E-state index is 0.366. The second-order valence-corrected chi connectivity index (χ2v) is 3.93. The summed E-state index contributed by atoms with van der Waals surface area (Å²) >= 11 is 0. The van der Waals surface area contributed by atoms with Gasteiger partial charge in [0.25, 0.3) is 0 Å². The van der Waals surface area contributed by atoms with Gasteiger partial charge in [-0.1, -0.05) is 32.1 Å². The smallest absolute Gasteiger partial charge is 0.207 e. The molecule has 0 unspecified atom stereocenters. The van der Waals surface area contributed by atoms with Crippen molar-refractivity contribution >= 4 is 6.41 Å². The van der Waals surface area contributed by atoms with Crippen LogP contribution in [-0.2, 0) is 4.79 Å². The minimum Gasteiger partial charge on any atom is -0.356 e. The van der Waals surface area contributed by atoms with Gasteiger partial charge in [0, 0.05) is 6.04 Å². The van der Waals surface area contributed by atoms with Crippen LogP contribution < -0.4 is 5.32 Å². The Bertz CT molecular complexity index is 130. The van der Waals surface area contributed by atoms with E-state index in [4.69, 9.17) is 0 Å². The van der Waals surface area contributed by atoms with Crippen LogP contribution in [0.25, 0.3) is 0 Å². The van der Waals surface area contributed by atoms with E-state index in [1.807, 2.05) is 0 Å². The van der Waals surface area contributed by atoms with Crippen LogP contribution in [0.1, 0.15) is 45.4 Å². The summed E-state index contributed by atoms with van der Waals surface area (Å²) in [7, 11) is 0. The van der Waals surface area contributed by atoms with Gasteiger partial charge in [-0.3, -0.25) is 4.79 Å². The standard InChI is InChI=1S/C10H19NO/c1-9(11-8-12)7-10-5-3-2-4-6-10/h8-10H,2-7H2,1H3,(H,11,12)/t9-/m0/s1. The first-order valence-electron chi connectivity index (χ1n) is 5.02. The molecule has 1 fully saturated rings. The first kappa shape index (κ1) is 9.56. The Morgan fingerprint density at radius 1 is 1.42 bits per heavy atom. The van der Waals surface area contributed by atoms with E-state index in [1.54, 1.807) is 0 Å². The van der Waals surface area contributed by atoms with Gasteiger partial charge in [0.05, 0.1) is 0 Å². The molecule has 2 nitrogen and oxygen atoms in total. The van der Waals surface area contributed by atoms with E-state index in [2.05, 4.69) is 12.2 Å². The van der Waals surface area contributed by atoms with Crippen molar-refractivity contribution in [1.82, 2.24) is 5.32 Å². The minimum absolute atomic E-state index is 0.366. The highest BCUT2D eigenvalue weighted by Crippen LogP contribution is 2.26. The molecule has 0 heterocycles. The molecule has 0 aromatic carbocycles. The van der Waals surface area contributed by atoms with Gasteiger partial charge in [-0.25, -0.2) is 0 Å². The molecule has 0 aromatic rings. The van der Waals surface area contributed by atoms with Crippen molar-refractivity contribution < 1.29 is 4.79 Å². The first-order valence-corrected chi connectivity index (χ1v) is 5.02. The Morgan fingerprint density at radius 2 is 2.08 bits per heavy atom. The van der Waals surface area contributed by atoms with Crippen LogP contribution in [0.5, 0.6) is 0 Å². The van der Waals surface area contributed by atoms with Crippen molar-refractivity contribution in [2.45, 2.75) is 51.5 Å². The normalized spacial score (nSPS) is 21.8. The molecule has 0 saturated heterocycles. The number of hydrogen-bond acceptors (Lipinski definition) is 1. The van der Waals surface area contributed by atoms with Gasteiger partial charge in [0.2, 0.25) is 6.41 Å². The lowest BCUT2D eigenvalue weighted by molar-refractivity contribution is -0.110. The molecule has 1 atom stereocenters. The van der Waals surface area contributed by atoms with Crippen molar-refractivity contribution in [3.63, 3.8) is 0 Å². The largest absolute Gasteiger partial charge is 0.356 e. The van der Waals surface area contributed by atoms with Gasteiger partial charge in [0.15, 0.2) is 0 Å². The second-order valence-electron chi connectivity index (χ2n) is 3.93. The third kappa shape index (κ3) is 3.24. The zero-order valence-electron chi connectivity index (χ0n) is 7.88. The average molecular weight is 169 g/mol. The molecule has 0 bridgehead atoms. The SMILES string of the molecule is C[C@@H](CC1CCCCC1)NC=O. The maximum atomic E-state index is 10.1. The lowest BCUT2D eigenvalue weighted by Crippen LogP contribution is -2.27. The molecule has 1 rings (SSSR count). The van der Waals surface area contributed by atoms with Crippen molar-refractivity contribution in [3.8, 4) is 0 Å². The molecule has 1 N–H and O–H groups in total. The zero-order chi connectivity index (χ0) is 8.81. The molecule has 12 heavy (non-hydrogen) atoms. The molecular formula is C10H19NO. The van der Waals surface area contributed by atoms with Gasteiger partial charge >= 0.3 is 0 Å². The van der Waals surface area contributed by atoms with Crippen LogP contribution in [0.4, 0.5) is 0 Å². The first-order chi connectivity index (χ1) is 5.83. The summed E-state index contributed by atoms with van der Waals surface area (Å²) in [6.45, 7) is 2.09. The van der Waals surface area contributed by atoms with Crippen LogP contribution in [0, 0.1) is 5.92 Å². The number of carbonyl (C=O) groups excluding carboxylic acids is 1. The van der Waals surface area contributed by atoms with Crippen molar-refractivity contribution in [3.05, 3.63) is 0 Å². The molecule has 1 amide bonds. The third-order valence-corrected chi connectivity index (χ3v) is 2.76. The van der Waals surface area contributed by atoms with Gasteiger partial charge in [-0.15, -0.1) is 0 Å². The maximum absolute atomic E-state index is 10.1. The molecule has 1 aliphatic carbocycles. The van der Waals surface area contributed by atoms with Crippen LogP contribution in [0.2, 0.25) is 0 Å². The summed E-state index contributed by atoms with van der Waals surface area (Å²) in [5, 5.41) is 2.81. The van der Waals surface area contributed by atoms with E-state index in [-0.39, 0.29) is 0 Å². The van der Waals surface area contributed by atoms with Crippen LogP contribution in [0.3, 0.4) is 0 Å². The summed E-state index contributed by atoms with van der Waals surface area (Å²) in [4.78, 5) is 10.1. The van der Waals surface area contributed by atoms with Crippen LogP contribution in [0.15, 0.2) is 0 Å². The summed E-state index contributed by atoms with van der Waals surface area (Å²) in [6, 6.07) is 0.366.